The normalized spacial score (nSPS) is 10.7. The Morgan fingerprint density at radius 1 is 0.946 bits per heavy atom. The number of hydrogen-bond acceptors (Lipinski definition) is 7. The molecule has 182 valence electrons. The van der Waals surface area contributed by atoms with Crippen molar-refractivity contribution < 1.29 is 9.18 Å². The fraction of sp³-hybridized carbons (Fsp3) is 0.0769. The molecule has 0 radical (unpaired) electrons. The van der Waals surface area contributed by atoms with E-state index in [1.54, 1.807) is 18.3 Å². The van der Waals surface area contributed by atoms with Crippen LogP contribution in [0, 0.1) is 17.1 Å². The number of imidazole rings is 1. The van der Waals surface area contributed by atoms with Gasteiger partial charge in [0.2, 0.25) is 0 Å². The number of fused-ring (bicyclic) bond motifs is 1. The first-order chi connectivity index (χ1) is 18.0. The second kappa shape index (κ2) is 10.1. The third-order valence-corrected chi connectivity index (χ3v) is 5.58. The molecule has 2 aromatic carbocycles. The van der Waals surface area contributed by atoms with Crippen LogP contribution in [0.3, 0.4) is 0 Å². The first-order valence-corrected chi connectivity index (χ1v) is 11.2. The number of nitriles is 1. The zero-order chi connectivity index (χ0) is 25.8. The van der Waals surface area contributed by atoms with E-state index in [1.807, 2.05) is 36.4 Å². The Hall–Kier alpha value is -5.37. The van der Waals surface area contributed by atoms with Crippen molar-refractivity contribution in [3.8, 4) is 17.2 Å². The van der Waals surface area contributed by atoms with Gasteiger partial charge in [0, 0.05) is 24.8 Å². The molecule has 0 aliphatic heterocycles. The maximum atomic E-state index is 13.1. The van der Waals surface area contributed by atoms with Gasteiger partial charge < -0.3 is 15.6 Å². The number of nitrogens with zero attached hydrogens (tertiary/aromatic N) is 4. The third kappa shape index (κ3) is 5.33. The summed E-state index contributed by atoms with van der Waals surface area (Å²) in [5.41, 5.74) is 4.19. The number of aromatic nitrogens is 5. The van der Waals surface area contributed by atoms with Gasteiger partial charge in [-0.2, -0.15) is 5.26 Å². The third-order valence-electron chi connectivity index (χ3n) is 5.58. The number of carbonyl (C=O) groups is 1. The molecule has 0 fully saturated rings. The molecule has 5 aromatic rings. The molecule has 3 heterocycles. The lowest BCUT2D eigenvalue weighted by atomic mass is 10.1. The highest BCUT2D eigenvalue weighted by molar-refractivity contribution is 5.96. The van der Waals surface area contributed by atoms with Gasteiger partial charge in [0.1, 0.15) is 11.9 Å². The number of anilines is 1. The molecule has 1 amide bonds. The second-order valence-electron chi connectivity index (χ2n) is 8.12. The number of nitrogens with one attached hydrogen (secondary N) is 4. The van der Waals surface area contributed by atoms with Crippen molar-refractivity contribution in [2.45, 2.75) is 13.1 Å². The Kier molecular flexibility index (Phi) is 6.37. The molecule has 0 atom stereocenters. The number of pyridine rings is 1. The van der Waals surface area contributed by atoms with Crippen LogP contribution in [0.1, 0.15) is 27.3 Å². The second-order valence-corrected chi connectivity index (χ2v) is 8.12. The van der Waals surface area contributed by atoms with Gasteiger partial charge in [0.25, 0.3) is 5.91 Å². The number of carbonyl (C=O) groups excluding carboxylic acids is 1. The molecular formula is C26H19FN8O2. The highest BCUT2D eigenvalue weighted by Crippen LogP contribution is 2.22. The summed E-state index contributed by atoms with van der Waals surface area (Å²) in [6.07, 6.45) is 2.97. The van der Waals surface area contributed by atoms with Gasteiger partial charge in [0.15, 0.2) is 22.9 Å². The predicted octanol–water partition coefficient (Wildman–Crippen LogP) is 3.26. The minimum Gasteiger partial charge on any atom is -0.364 e. The standard InChI is InChI=1S/C26H19FN8O2/c27-19-7-3-16(4-8-19)12-32-25(36)22-24(31-14-20(10-28)33-22)29-11-15-1-5-17(6-2-15)18-9-21-23(30-13-18)35-26(37)34-21/h1-9,13-14H,11-12H2,(H,29,31)(H,32,36)(H2,30,34,35,37). The highest BCUT2D eigenvalue weighted by atomic mass is 19.1. The molecule has 11 heteroatoms. The molecule has 0 spiro atoms. The molecule has 0 aliphatic carbocycles. The molecular weight excluding hydrogens is 475 g/mol. The largest absolute Gasteiger partial charge is 0.364 e. The quantitative estimate of drug-likeness (QED) is 0.271. The van der Waals surface area contributed by atoms with Crippen LogP contribution in [-0.2, 0) is 13.1 Å². The topological polar surface area (TPSA) is 152 Å². The average molecular weight is 494 g/mol. The lowest BCUT2D eigenvalue weighted by molar-refractivity contribution is 0.0946. The van der Waals surface area contributed by atoms with Crippen molar-refractivity contribution in [1.82, 2.24) is 30.2 Å². The Morgan fingerprint density at radius 3 is 2.43 bits per heavy atom. The van der Waals surface area contributed by atoms with Gasteiger partial charge >= 0.3 is 5.69 Å². The van der Waals surface area contributed by atoms with E-state index < -0.39 is 5.91 Å². The summed E-state index contributed by atoms with van der Waals surface area (Å²) in [7, 11) is 0. The van der Waals surface area contributed by atoms with E-state index in [0.29, 0.717) is 23.3 Å². The van der Waals surface area contributed by atoms with Crippen molar-refractivity contribution >= 4 is 22.9 Å². The summed E-state index contributed by atoms with van der Waals surface area (Å²) in [4.78, 5) is 42.2. The Bertz CT molecular complexity index is 1690. The smallest absolute Gasteiger partial charge is 0.325 e. The molecule has 4 N–H and O–H groups in total. The van der Waals surface area contributed by atoms with Crippen LogP contribution in [0.2, 0.25) is 0 Å². The van der Waals surface area contributed by atoms with Crippen LogP contribution in [0.25, 0.3) is 22.3 Å². The van der Waals surface area contributed by atoms with E-state index in [4.69, 9.17) is 0 Å². The maximum Gasteiger partial charge on any atom is 0.325 e. The monoisotopic (exact) mass is 494 g/mol. The number of rotatable bonds is 7. The van der Waals surface area contributed by atoms with Crippen LogP contribution in [0.4, 0.5) is 10.2 Å². The minimum atomic E-state index is -0.516. The number of amides is 1. The van der Waals surface area contributed by atoms with Crippen LogP contribution < -0.4 is 16.3 Å². The minimum absolute atomic E-state index is 0.0104. The van der Waals surface area contributed by atoms with Crippen molar-refractivity contribution in [1.29, 1.82) is 5.26 Å². The number of benzene rings is 2. The van der Waals surface area contributed by atoms with Gasteiger partial charge in [-0.3, -0.25) is 9.78 Å². The van der Waals surface area contributed by atoms with Crippen LogP contribution >= 0.6 is 0 Å². The van der Waals surface area contributed by atoms with Crippen molar-refractivity contribution in [2.75, 3.05) is 5.32 Å². The summed E-state index contributed by atoms with van der Waals surface area (Å²) >= 11 is 0. The molecule has 0 saturated heterocycles. The highest BCUT2D eigenvalue weighted by Gasteiger charge is 2.16. The first kappa shape index (κ1) is 23.4. The molecule has 0 aliphatic rings. The van der Waals surface area contributed by atoms with Crippen LogP contribution in [-0.4, -0.2) is 30.8 Å². The Balaban J connectivity index is 1.28. The van der Waals surface area contributed by atoms with Gasteiger partial charge in [-0.05, 0) is 34.9 Å². The molecule has 0 bridgehead atoms. The van der Waals surface area contributed by atoms with Gasteiger partial charge in [-0.1, -0.05) is 36.4 Å². The number of hydrogen-bond donors (Lipinski definition) is 4. The summed E-state index contributed by atoms with van der Waals surface area (Å²) in [5.74, 6) is -0.653. The van der Waals surface area contributed by atoms with Crippen molar-refractivity contribution in [2.24, 2.45) is 0 Å². The summed E-state index contributed by atoms with van der Waals surface area (Å²) in [5, 5.41) is 15.0. The molecule has 0 saturated carbocycles. The Morgan fingerprint density at radius 2 is 1.68 bits per heavy atom. The van der Waals surface area contributed by atoms with Crippen molar-refractivity contribution in [3.05, 3.63) is 106 Å². The van der Waals surface area contributed by atoms with E-state index in [-0.39, 0.29) is 35.3 Å². The lowest BCUT2D eigenvalue weighted by Gasteiger charge is -2.11. The molecule has 3 aromatic heterocycles. The fourth-order valence-corrected chi connectivity index (χ4v) is 3.68. The van der Waals surface area contributed by atoms with E-state index in [2.05, 4.69) is 35.6 Å². The lowest BCUT2D eigenvalue weighted by Crippen LogP contribution is -2.26. The van der Waals surface area contributed by atoms with Gasteiger partial charge in [-0.25, -0.2) is 24.1 Å². The van der Waals surface area contributed by atoms with E-state index in [0.717, 1.165) is 16.7 Å². The number of halogens is 1. The molecule has 37 heavy (non-hydrogen) atoms. The van der Waals surface area contributed by atoms with E-state index in [1.165, 1.54) is 18.3 Å². The summed E-state index contributed by atoms with van der Waals surface area (Å²) in [6, 6.07) is 17.2. The van der Waals surface area contributed by atoms with Crippen molar-refractivity contribution in [3.63, 3.8) is 0 Å². The van der Waals surface area contributed by atoms with Crippen LogP contribution in [0.5, 0.6) is 0 Å². The summed E-state index contributed by atoms with van der Waals surface area (Å²) in [6.45, 7) is 0.511. The zero-order valence-electron chi connectivity index (χ0n) is 19.2. The first-order valence-electron chi connectivity index (χ1n) is 11.2. The summed E-state index contributed by atoms with van der Waals surface area (Å²) < 4.78 is 13.1. The average Bonchev–Trinajstić information content (AvgIpc) is 3.31. The number of H-pyrrole nitrogens is 2. The van der Waals surface area contributed by atoms with Gasteiger partial charge in [0.05, 0.1) is 11.7 Å². The predicted molar refractivity (Wildman–Crippen MR) is 134 cm³/mol. The zero-order valence-corrected chi connectivity index (χ0v) is 19.2. The van der Waals surface area contributed by atoms with E-state index in [9.17, 15) is 19.2 Å². The van der Waals surface area contributed by atoms with E-state index >= 15 is 0 Å². The SMILES string of the molecule is N#Cc1cnc(NCc2ccc(-c3cnc4[nH]c(=O)[nH]c4c3)cc2)c(C(=O)NCc2ccc(F)cc2)n1. The fourth-order valence-electron chi connectivity index (χ4n) is 3.68. The molecule has 5 rings (SSSR count). The Labute approximate surface area is 209 Å². The molecule has 0 unspecified atom stereocenters. The van der Waals surface area contributed by atoms with Gasteiger partial charge in [-0.15, -0.1) is 0 Å². The molecule has 10 nitrogen and oxygen atoms in total. The van der Waals surface area contributed by atoms with Crippen LogP contribution in [0.15, 0.2) is 71.8 Å². The maximum absolute atomic E-state index is 13.1. The number of aromatic amines is 2.